The molecule has 2 heterocycles. The number of ether oxygens (including phenoxy) is 1. The van der Waals surface area contributed by atoms with E-state index in [1.807, 2.05) is 18.2 Å². The number of aliphatic imine (C=N–C) groups is 1. The Morgan fingerprint density at radius 3 is 1.74 bits per heavy atom. The van der Waals surface area contributed by atoms with Crippen LogP contribution in [0.25, 0.3) is 39.1 Å². The van der Waals surface area contributed by atoms with Crippen molar-refractivity contribution in [3.8, 4) is 44.9 Å². The van der Waals surface area contributed by atoms with Gasteiger partial charge in [0.05, 0.1) is 11.1 Å². The second-order valence-electron chi connectivity index (χ2n) is 14.9. The smallest absolute Gasteiger partial charge is 0.149 e. The highest BCUT2D eigenvalue weighted by molar-refractivity contribution is 6.13. The molecule has 0 aromatic heterocycles. The van der Waals surface area contributed by atoms with Crippen LogP contribution in [0.3, 0.4) is 0 Å². The number of hydrogen-bond acceptors (Lipinski definition) is 4. The Balaban J connectivity index is 1.16. The topological polar surface area (TPSA) is 59.6 Å². The van der Waals surface area contributed by atoms with E-state index >= 15 is 0 Å². The zero-order chi connectivity index (χ0) is 37.9. The molecule has 270 valence electrons. The Morgan fingerprint density at radius 1 is 0.456 bits per heavy atom. The van der Waals surface area contributed by atoms with Crippen LogP contribution in [0.1, 0.15) is 45.1 Å². The first-order valence-corrected chi connectivity index (χ1v) is 19.4. The Morgan fingerprint density at radius 2 is 1.00 bits per heavy atom. The second-order valence-corrected chi connectivity index (χ2v) is 14.9. The first-order valence-electron chi connectivity index (χ1n) is 19.4. The largest absolute Gasteiger partial charge is 0.456 e. The molecule has 1 unspecified atom stereocenters. The lowest BCUT2D eigenvalue weighted by molar-refractivity contribution is 0.425. The molecule has 1 aliphatic carbocycles. The molecule has 2 aliphatic heterocycles. The van der Waals surface area contributed by atoms with Gasteiger partial charge in [0.15, 0.2) is 0 Å². The van der Waals surface area contributed by atoms with E-state index in [9.17, 15) is 0 Å². The first-order chi connectivity index (χ1) is 28.2. The molecular formula is C53H37N3O. The minimum atomic E-state index is -0.647. The number of anilines is 1. The van der Waals surface area contributed by atoms with Crippen molar-refractivity contribution in [2.24, 2.45) is 4.99 Å². The van der Waals surface area contributed by atoms with Gasteiger partial charge < -0.3 is 15.8 Å². The normalized spacial score (nSPS) is 15.5. The van der Waals surface area contributed by atoms with E-state index in [1.165, 1.54) is 27.8 Å². The van der Waals surface area contributed by atoms with E-state index in [2.05, 4.69) is 187 Å². The molecule has 0 fully saturated rings. The maximum Gasteiger partial charge on any atom is 0.149 e. The number of rotatable bonds is 5. The van der Waals surface area contributed by atoms with Gasteiger partial charge in [-0.3, -0.25) is 4.99 Å². The summed E-state index contributed by atoms with van der Waals surface area (Å²) in [5, 5.41) is 3.85. The van der Waals surface area contributed by atoms with Crippen molar-refractivity contribution in [3.63, 3.8) is 0 Å². The molecule has 57 heavy (non-hydrogen) atoms. The van der Waals surface area contributed by atoms with Crippen LogP contribution in [0, 0.1) is 0 Å². The quantitative estimate of drug-likeness (QED) is 0.173. The lowest BCUT2D eigenvalue weighted by Gasteiger charge is -2.41. The van der Waals surface area contributed by atoms with E-state index in [0.29, 0.717) is 5.69 Å². The SMILES string of the molecule is Nc1cccc(-c2cccc3c2Oc2c(C4N=C(c5cccc(-c6ccccc6)c5)C=C(c5ccccc5)N4)cccc2C32c3ccccc3-c3ccccc32)c1. The molecule has 11 rings (SSSR count). The summed E-state index contributed by atoms with van der Waals surface area (Å²) in [4.78, 5) is 5.53. The Labute approximate surface area is 332 Å². The lowest BCUT2D eigenvalue weighted by atomic mass is 9.65. The fourth-order valence-electron chi connectivity index (χ4n) is 9.23. The Kier molecular flexibility index (Phi) is 7.58. The predicted octanol–water partition coefficient (Wildman–Crippen LogP) is 12.2. The van der Waals surface area contributed by atoms with Crippen molar-refractivity contribution in [1.82, 2.24) is 5.32 Å². The highest BCUT2D eigenvalue weighted by atomic mass is 16.5. The molecule has 3 N–H and O–H groups in total. The number of nitrogens with one attached hydrogen (secondary N) is 1. The van der Waals surface area contributed by atoms with Gasteiger partial charge in [-0.1, -0.05) is 176 Å². The van der Waals surface area contributed by atoms with E-state index in [-0.39, 0.29) is 0 Å². The standard InChI is InChI=1S/C53H37N3O/c54-39-22-12-20-37(32-39)40-25-13-29-46-50(40)57-51-43(26-14-30-47(51)53(46)44-27-9-7-23-41(44)42-24-8-10-28-45(42)53)52-55-48(35-17-5-2-6-18-35)33-49(56-52)38-21-11-19-36(31-38)34-15-3-1-4-16-34/h1-33,52,55H,54H2. The zero-order valence-electron chi connectivity index (χ0n) is 31.1. The summed E-state index contributed by atoms with van der Waals surface area (Å²) in [7, 11) is 0. The summed E-state index contributed by atoms with van der Waals surface area (Å²) < 4.78 is 7.39. The maximum absolute atomic E-state index is 7.39. The minimum Gasteiger partial charge on any atom is -0.456 e. The molecule has 0 saturated carbocycles. The van der Waals surface area contributed by atoms with Gasteiger partial charge in [0.1, 0.15) is 17.7 Å². The monoisotopic (exact) mass is 731 g/mol. The van der Waals surface area contributed by atoms with E-state index in [1.54, 1.807) is 0 Å². The number of hydrogen-bond donors (Lipinski definition) is 2. The number of para-hydroxylation sites is 2. The summed E-state index contributed by atoms with van der Waals surface area (Å²) >= 11 is 0. The molecule has 8 aromatic carbocycles. The Bertz CT molecular complexity index is 2880. The van der Waals surface area contributed by atoms with Gasteiger partial charge in [-0.05, 0) is 68.8 Å². The highest BCUT2D eigenvalue weighted by Crippen LogP contribution is 2.64. The Hall–Kier alpha value is -7.43. The van der Waals surface area contributed by atoms with Crippen LogP contribution in [0.4, 0.5) is 5.69 Å². The van der Waals surface area contributed by atoms with Crippen LogP contribution in [-0.2, 0) is 5.41 Å². The fourth-order valence-corrected chi connectivity index (χ4v) is 9.23. The number of fused-ring (bicyclic) bond motifs is 9. The van der Waals surface area contributed by atoms with Crippen molar-refractivity contribution in [1.29, 1.82) is 0 Å². The van der Waals surface area contributed by atoms with Crippen LogP contribution >= 0.6 is 0 Å². The summed E-state index contributed by atoms with van der Waals surface area (Å²) in [5.41, 5.74) is 22.9. The molecule has 4 heteroatoms. The van der Waals surface area contributed by atoms with E-state index in [0.717, 1.165) is 67.4 Å². The second kappa shape index (κ2) is 13.1. The molecule has 0 saturated heterocycles. The molecule has 1 spiro atoms. The third-order valence-electron chi connectivity index (χ3n) is 11.7. The number of nitrogen functional groups attached to an aromatic ring is 1. The highest BCUT2D eigenvalue weighted by Gasteiger charge is 2.52. The average molecular weight is 732 g/mol. The number of nitrogens with two attached hydrogens (primary N) is 1. The van der Waals surface area contributed by atoms with Crippen LogP contribution in [0.2, 0.25) is 0 Å². The van der Waals surface area contributed by atoms with Crippen molar-refractivity contribution in [2.45, 2.75) is 11.6 Å². The van der Waals surface area contributed by atoms with Crippen LogP contribution in [0.5, 0.6) is 11.5 Å². The van der Waals surface area contributed by atoms with Crippen molar-refractivity contribution in [3.05, 3.63) is 239 Å². The summed E-state index contributed by atoms with van der Waals surface area (Å²) in [5.74, 6) is 1.63. The summed E-state index contributed by atoms with van der Waals surface area (Å²) in [6.07, 6.45) is 1.71. The molecule has 1 atom stereocenters. The fraction of sp³-hybridized carbons (Fsp3) is 0.0377. The van der Waals surface area contributed by atoms with E-state index < -0.39 is 11.6 Å². The molecule has 4 nitrogen and oxygen atoms in total. The van der Waals surface area contributed by atoms with Crippen LogP contribution in [0.15, 0.2) is 205 Å². The van der Waals surface area contributed by atoms with Gasteiger partial charge >= 0.3 is 0 Å². The van der Waals surface area contributed by atoms with Crippen LogP contribution in [-0.4, -0.2) is 5.71 Å². The zero-order valence-corrected chi connectivity index (χ0v) is 31.1. The van der Waals surface area contributed by atoms with Gasteiger partial charge in [-0.25, -0.2) is 0 Å². The van der Waals surface area contributed by atoms with Crippen molar-refractivity contribution in [2.75, 3.05) is 5.73 Å². The van der Waals surface area contributed by atoms with Gasteiger partial charge in [0.2, 0.25) is 0 Å². The minimum absolute atomic E-state index is 0.458. The van der Waals surface area contributed by atoms with Gasteiger partial charge in [0.25, 0.3) is 0 Å². The average Bonchev–Trinajstić information content (AvgIpc) is 3.57. The van der Waals surface area contributed by atoms with Gasteiger partial charge in [-0.2, -0.15) is 0 Å². The first kappa shape index (κ1) is 33.0. The molecular weight excluding hydrogens is 695 g/mol. The molecule has 0 bridgehead atoms. The number of nitrogens with zero attached hydrogens (tertiary/aromatic N) is 1. The molecule has 3 aliphatic rings. The number of benzene rings is 8. The third kappa shape index (κ3) is 5.18. The number of allylic oxidation sites excluding steroid dienone is 1. The maximum atomic E-state index is 7.39. The molecule has 0 amide bonds. The lowest BCUT2D eigenvalue weighted by Crippen LogP contribution is -2.33. The van der Waals surface area contributed by atoms with Crippen molar-refractivity contribution < 1.29 is 4.74 Å². The predicted molar refractivity (Wildman–Crippen MR) is 232 cm³/mol. The van der Waals surface area contributed by atoms with Crippen LogP contribution < -0.4 is 15.8 Å². The molecule has 0 radical (unpaired) electrons. The molecule has 8 aromatic rings. The van der Waals surface area contributed by atoms with Gasteiger partial charge in [0, 0.05) is 39.2 Å². The summed E-state index contributed by atoms with van der Waals surface area (Å²) in [6, 6.07) is 68.6. The summed E-state index contributed by atoms with van der Waals surface area (Å²) in [6.45, 7) is 0. The van der Waals surface area contributed by atoms with Crippen molar-refractivity contribution >= 4 is 17.1 Å². The van der Waals surface area contributed by atoms with Gasteiger partial charge in [-0.15, -0.1) is 0 Å². The third-order valence-corrected chi connectivity index (χ3v) is 11.7. The van der Waals surface area contributed by atoms with E-state index in [4.69, 9.17) is 15.5 Å².